The lowest BCUT2D eigenvalue weighted by Gasteiger charge is -2.14. The molecule has 2 heterocycles. The van der Waals surface area contributed by atoms with Gasteiger partial charge in [0.25, 0.3) is 5.56 Å². The van der Waals surface area contributed by atoms with E-state index in [-0.39, 0.29) is 5.56 Å². The second-order valence-electron chi connectivity index (χ2n) is 5.85. The highest BCUT2D eigenvalue weighted by molar-refractivity contribution is 7.17. The van der Waals surface area contributed by atoms with Crippen LogP contribution in [0.25, 0.3) is 21.3 Å². The average molecular weight is 356 g/mol. The average Bonchev–Trinajstić information content (AvgIpc) is 3.07. The molecule has 0 radical (unpaired) electrons. The maximum absolute atomic E-state index is 13.0. The van der Waals surface area contributed by atoms with Crippen LogP contribution in [0.1, 0.15) is 32.7 Å². The van der Waals surface area contributed by atoms with Crippen LogP contribution in [0.2, 0.25) is 0 Å². The topological polar surface area (TPSA) is 61.2 Å². The fourth-order valence-electron chi connectivity index (χ4n) is 2.60. The molecule has 1 atom stereocenters. The van der Waals surface area contributed by atoms with Crippen LogP contribution in [-0.4, -0.2) is 22.1 Å². The van der Waals surface area contributed by atoms with Crippen LogP contribution in [0, 0.1) is 0 Å². The summed E-state index contributed by atoms with van der Waals surface area (Å²) in [6.45, 7) is 4.07. The van der Waals surface area contributed by atoms with E-state index in [1.54, 1.807) is 6.92 Å². The van der Waals surface area contributed by atoms with Crippen LogP contribution in [-0.2, 0) is 9.53 Å². The lowest BCUT2D eigenvalue weighted by molar-refractivity contribution is -0.147. The molecule has 0 aliphatic carbocycles. The van der Waals surface area contributed by atoms with E-state index in [0.717, 1.165) is 24.0 Å². The third-order valence-electron chi connectivity index (χ3n) is 4.10. The van der Waals surface area contributed by atoms with E-state index in [9.17, 15) is 9.59 Å². The molecule has 1 aromatic carbocycles. The summed E-state index contributed by atoms with van der Waals surface area (Å²) < 4.78 is 6.60. The van der Waals surface area contributed by atoms with Gasteiger partial charge >= 0.3 is 5.97 Å². The van der Waals surface area contributed by atoms with Gasteiger partial charge in [-0.3, -0.25) is 9.36 Å². The van der Waals surface area contributed by atoms with Crippen molar-refractivity contribution in [3.05, 3.63) is 52.4 Å². The number of esters is 1. The number of benzene rings is 1. The zero-order valence-corrected chi connectivity index (χ0v) is 15.1. The lowest BCUT2D eigenvalue weighted by Crippen LogP contribution is -2.29. The fraction of sp³-hybridized carbons (Fsp3) is 0.316. The van der Waals surface area contributed by atoms with Crippen molar-refractivity contribution in [1.82, 2.24) is 9.55 Å². The monoisotopic (exact) mass is 356 g/mol. The van der Waals surface area contributed by atoms with Crippen molar-refractivity contribution in [3.63, 3.8) is 0 Å². The van der Waals surface area contributed by atoms with Crippen molar-refractivity contribution in [2.45, 2.75) is 32.7 Å². The highest BCUT2D eigenvalue weighted by Crippen LogP contribution is 2.30. The summed E-state index contributed by atoms with van der Waals surface area (Å²) in [5.74, 6) is -0.409. The van der Waals surface area contributed by atoms with Crippen LogP contribution in [0.5, 0.6) is 0 Å². The highest BCUT2D eigenvalue weighted by atomic mass is 32.1. The summed E-state index contributed by atoms with van der Waals surface area (Å²) in [6.07, 6.45) is 3.19. The predicted molar refractivity (Wildman–Crippen MR) is 99.9 cm³/mol. The Balaban J connectivity index is 1.99. The van der Waals surface area contributed by atoms with Crippen molar-refractivity contribution in [2.75, 3.05) is 6.61 Å². The number of carbonyl (C=O) groups is 1. The zero-order chi connectivity index (χ0) is 17.8. The highest BCUT2D eigenvalue weighted by Gasteiger charge is 2.21. The van der Waals surface area contributed by atoms with Gasteiger partial charge in [0.05, 0.1) is 18.3 Å². The molecule has 0 aliphatic heterocycles. The molecule has 3 aromatic rings. The summed E-state index contributed by atoms with van der Waals surface area (Å²) in [5.41, 5.74) is 1.59. The zero-order valence-electron chi connectivity index (χ0n) is 14.3. The minimum atomic E-state index is -0.704. The number of nitrogens with zero attached hydrogens (tertiary/aromatic N) is 2. The Hall–Kier alpha value is -2.47. The van der Waals surface area contributed by atoms with Gasteiger partial charge < -0.3 is 4.74 Å². The van der Waals surface area contributed by atoms with Gasteiger partial charge in [0.15, 0.2) is 0 Å². The summed E-state index contributed by atoms with van der Waals surface area (Å²) >= 11 is 1.43. The number of aromatic nitrogens is 2. The number of hydrogen-bond acceptors (Lipinski definition) is 5. The first-order valence-corrected chi connectivity index (χ1v) is 9.21. The molecule has 0 N–H and O–H groups in total. The first-order chi connectivity index (χ1) is 12.1. The third kappa shape index (κ3) is 3.49. The van der Waals surface area contributed by atoms with E-state index < -0.39 is 12.0 Å². The van der Waals surface area contributed by atoms with Crippen LogP contribution >= 0.6 is 11.3 Å². The van der Waals surface area contributed by atoms with Crippen LogP contribution in [0.3, 0.4) is 0 Å². The summed E-state index contributed by atoms with van der Waals surface area (Å²) in [5, 5.41) is 2.48. The van der Waals surface area contributed by atoms with Crippen LogP contribution < -0.4 is 5.56 Å². The minimum absolute atomic E-state index is 0.218. The number of carbonyl (C=O) groups excluding carboxylic acids is 1. The van der Waals surface area contributed by atoms with E-state index in [2.05, 4.69) is 4.98 Å². The summed E-state index contributed by atoms with van der Waals surface area (Å²) in [6, 6.07) is 9.01. The Morgan fingerprint density at radius 1 is 1.32 bits per heavy atom. The molecule has 6 heteroatoms. The van der Waals surface area contributed by atoms with E-state index in [1.807, 2.05) is 42.6 Å². The lowest BCUT2D eigenvalue weighted by atomic mass is 10.1. The summed E-state index contributed by atoms with van der Waals surface area (Å²) in [4.78, 5) is 30.2. The molecule has 25 heavy (non-hydrogen) atoms. The van der Waals surface area contributed by atoms with Gasteiger partial charge in [-0.1, -0.05) is 43.7 Å². The molecule has 130 valence electrons. The fourth-order valence-corrected chi connectivity index (χ4v) is 3.51. The van der Waals surface area contributed by atoms with Crippen LogP contribution in [0.4, 0.5) is 0 Å². The number of rotatable bonds is 6. The molecule has 0 spiro atoms. The van der Waals surface area contributed by atoms with Gasteiger partial charge in [0.1, 0.15) is 10.9 Å². The Kier molecular flexibility index (Phi) is 5.28. The standard InChI is InChI=1S/C19H20N2O3S/c1-3-4-10-24-19(23)13(2)21-12-20-17-16(18(21)22)15(11-25-17)14-8-6-5-7-9-14/h5-9,11-13H,3-4,10H2,1-2H3. The van der Waals surface area contributed by atoms with E-state index in [1.165, 1.54) is 22.2 Å². The van der Waals surface area contributed by atoms with E-state index in [0.29, 0.717) is 16.8 Å². The van der Waals surface area contributed by atoms with Crippen molar-refractivity contribution in [3.8, 4) is 11.1 Å². The Morgan fingerprint density at radius 3 is 2.80 bits per heavy atom. The SMILES string of the molecule is CCCCOC(=O)C(C)n1cnc2scc(-c3ccccc3)c2c1=O. The van der Waals surface area contributed by atoms with Gasteiger partial charge in [-0.05, 0) is 18.9 Å². The molecule has 5 nitrogen and oxygen atoms in total. The number of thiophene rings is 1. The molecule has 0 amide bonds. The summed E-state index contributed by atoms with van der Waals surface area (Å²) in [7, 11) is 0. The largest absolute Gasteiger partial charge is 0.464 e. The van der Waals surface area contributed by atoms with Crippen molar-refractivity contribution in [1.29, 1.82) is 0 Å². The van der Waals surface area contributed by atoms with Crippen molar-refractivity contribution in [2.24, 2.45) is 0 Å². The van der Waals surface area contributed by atoms with Crippen molar-refractivity contribution >= 4 is 27.5 Å². The maximum atomic E-state index is 13.0. The molecular weight excluding hydrogens is 336 g/mol. The van der Waals surface area contributed by atoms with Gasteiger partial charge in [-0.15, -0.1) is 11.3 Å². The number of hydrogen-bond donors (Lipinski definition) is 0. The molecule has 1 unspecified atom stereocenters. The van der Waals surface area contributed by atoms with Crippen LogP contribution in [0.15, 0.2) is 46.8 Å². The smallest absolute Gasteiger partial charge is 0.328 e. The molecule has 2 aromatic heterocycles. The van der Waals surface area contributed by atoms with E-state index in [4.69, 9.17) is 4.74 Å². The Bertz CT molecular complexity index is 931. The second kappa shape index (κ2) is 7.61. The van der Waals surface area contributed by atoms with E-state index >= 15 is 0 Å². The minimum Gasteiger partial charge on any atom is -0.464 e. The second-order valence-corrected chi connectivity index (χ2v) is 6.71. The normalized spacial score (nSPS) is 12.2. The predicted octanol–water partition coefficient (Wildman–Crippen LogP) is 4.03. The van der Waals surface area contributed by atoms with Gasteiger partial charge in [0, 0.05) is 10.9 Å². The molecule has 0 saturated heterocycles. The molecule has 0 saturated carbocycles. The first kappa shape index (κ1) is 17.4. The molecule has 0 fully saturated rings. The molecule has 0 bridgehead atoms. The third-order valence-corrected chi connectivity index (χ3v) is 4.99. The van der Waals surface area contributed by atoms with Gasteiger partial charge in [-0.25, -0.2) is 9.78 Å². The van der Waals surface area contributed by atoms with Gasteiger partial charge in [-0.2, -0.15) is 0 Å². The number of fused-ring (bicyclic) bond motifs is 1. The number of ether oxygens (including phenoxy) is 1. The molecular formula is C19H20N2O3S. The van der Waals surface area contributed by atoms with Crippen molar-refractivity contribution < 1.29 is 9.53 Å². The molecule has 3 rings (SSSR count). The quantitative estimate of drug-likeness (QED) is 0.494. The Morgan fingerprint density at radius 2 is 2.08 bits per heavy atom. The maximum Gasteiger partial charge on any atom is 0.328 e. The van der Waals surface area contributed by atoms with Gasteiger partial charge in [0.2, 0.25) is 0 Å². The Labute approximate surface area is 149 Å². The first-order valence-electron chi connectivity index (χ1n) is 8.34. The number of unbranched alkanes of at least 4 members (excludes halogenated alkanes) is 1. The molecule has 0 aliphatic rings.